The highest BCUT2D eigenvalue weighted by atomic mass is 16.5. The van der Waals surface area contributed by atoms with Gasteiger partial charge in [-0.2, -0.15) is 0 Å². The number of hydrogen-bond donors (Lipinski definition) is 2. The molecule has 0 aliphatic carbocycles. The molecule has 0 aliphatic rings. The van der Waals surface area contributed by atoms with Crippen molar-refractivity contribution in [2.24, 2.45) is 10.9 Å². The standard InChI is InChI=1S/C20H35N3O3/c1-6-21-20(22-13-18(24)15-25-14-16(2)3)23(5)11-12-26-19-9-7-17(4)8-10-19/h7-10,16,18,24H,6,11-15H2,1-5H3,(H,21,22). The number of rotatable bonds is 11. The van der Waals surface area contributed by atoms with Crippen molar-refractivity contribution in [2.45, 2.75) is 33.8 Å². The first kappa shape index (κ1) is 22.3. The van der Waals surface area contributed by atoms with Gasteiger partial charge in [-0.25, -0.2) is 0 Å². The quantitative estimate of drug-likeness (QED) is 0.465. The molecule has 1 atom stereocenters. The van der Waals surface area contributed by atoms with Crippen LogP contribution >= 0.6 is 0 Å². The van der Waals surface area contributed by atoms with Crippen molar-refractivity contribution in [3.8, 4) is 5.75 Å². The monoisotopic (exact) mass is 365 g/mol. The Balaban J connectivity index is 2.41. The first-order valence-electron chi connectivity index (χ1n) is 9.37. The van der Waals surface area contributed by atoms with Crippen LogP contribution in [-0.2, 0) is 4.74 Å². The van der Waals surface area contributed by atoms with Gasteiger partial charge in [0.05, 0.1) is 25.8 Å². The summed E-state index contributed by atoms with van der Waals surface area (Å²) in [5, 5.41) is 13.2. The summed E-state index contributed by atoms with van der Waals surface area (Å²) in [6, 6.07) is 8.02. The zero-order chi connectivity index (χ0) is 19.4. The zero-order valence-corrected chi connectivity index (χ0v) is 16.9. The van der Waals surface area contributed by atoms with Crippen molar-refractivity contribution < 1.29 is 14.6 Å². The molecule has 0 heterocycles. The summed E-state index contributed by atoms with van der Waals surface area (Å²) < 4.78 is 11.2. The van der Waals surface area contributed by atoms with Crippen LogP contribution in [0.5, 0.6) is 5.75 Å². The first-order valence-corrected chi connectivity index (χ1v) is 9.37. The molecule has 1 rings (SSSR count). The molecule has 0 radical (unpaired) electrons. The lowest BCUT2D eigenvalue weighted by atomic mass is 10.2. The highest BCUT2D eigenvalue weighted by molar-refractivity contribution is 5.79. The third kappa shape index (κ3) is 9.63. The molecule has 6 nitrogen and oxygen atoms in total. The number of aliphatic hydroxyl groups is 1. The van der Waals surface area contributed by atoms with E-state index in [1.807, 2.05) is 43.1 Å². The number of guanidine groups is 1. The molecule has 148 valence electrons. The number of aryl methyl sites for hydroxylation is 1. The molecule has 26 heavy (non-hydrogen) atoms. The zero-order valence-electron chi connectivity index (χ0n) is 16.9. The van der Waals surface area contributed by atoms with Crippen LogP contribution in [0, 0.1) is 12.8 Å². The average Bonchev–Trinajstić information content (AvgIpc) is 2.59. The summed E-state index contributed by atoms with van der Waals surface area (Å²) >= 11 is 0. The van der Waals surface area contributed by atoms with E-state index < -0.39 is 6.10 Å². The Morgan fingerprint density at radius 3 is 2.54 bits per heavy atom. The number of nitrogens with zero attached hydrogens (tertiary/aromatic N) is 2. The lowest BCUT2D eigenvalue weighted by Gasteiger charge is -2.22. The number of aliphatic imine (C=N–C) groups is 1. The van der Waals surface area contributed by atoms with Gasteiger partial charge in [-0.15, -0.1) is 0 Å². The number of benzene rings is 1. The number of ether oxygens (including phenoxy) is 2. The summed E-state index contributed by atoms with van der Waals surface area (Å²) in [7, 11) is 1.96. The van der Waals surface area contributed by atoms with Gasteiger partial charge >= 0.3 is 0 Å². The summed E-state index contributed by atoms with van der Waals surface area (Å²) in [6.45, 7) is 11.5. The minimum atomic E-state index is -0.598. The number of nitrogens with one attached hydrogen (secondary N) is 1. The van der Waals surface area contributed by atoms with Gasteiger partial charge in [0.25, 0.3) is 0 Å². The van der Waals surface area contributed by atoms with E-state index in [0.29, 0.717) is 38.8 Å². The third-order valence-electron chi connectivity index (χ3n) is 3.63. The smallest absolute Gasteiger partial charge is 0.193 e. The minimum absolute atomic E-state index is 0.307. The number of aliphatic hydroxyl groups excluding tert-OH is 1. The van der Waals surface area contributed by atoms with E-state index >= 15 is 0 Å². The van der Waals surface area contributed by atoms with Crippen LogP contribution < -0.4 is 10.1 Å². The Morgan fingerprint density at radius 1 is 1.23 bits per heavy atom. The maximum atomic E-state index is 10.0. The van der Waals surface area contributed by atoms with Gasteiger partial charge < -0.3 is 24.8 Å². The lowest BCUT2D eigenvalue weighted by Crippen LogP contribution is -2.41. The summed E-state index contributed by atoms with van der Waals surface area (Å²) in [5.74, 6) is 2.08. The van der Waals surface area contributed by atoms with Crippen molar-refractivity contribution in [3.05, 3.63) is 29.8 Å². The maximum Gasteiger partial charge on any atom is 0.193 e. The fourth-order valence-electron chi connectivity index (χ4n) is 2.19. The minimum Gasteiger partial charge on any atom is -0.492 e. The van der Waals surface area contributed by atoms with Crippen LogP contribution in [-0.4, -0.2) is 68.6 Å². The van der Waals surface area contributed by atoms with E-state index in [-0.39, 0.29) is 0 Å². The normalized spacial score (nSPS) is 13.0. The molecule has 0 amide bonds. The van der Waals surface area contributed by atoms with Gasteiger partial charge in [-0.3, -0.25) is 4.99 Å². The highest BCUT2D eigenvalue weighted by Crippen LogP contribution is 2.11. The molecule has 0 fully saturated rings. The van der Waals surface area contributed by atoms with E-state index in [2.05, 4.69) is 31.1 Å². The molecule has 0 bridgehead atoms. The highest BCUT2D eigenvalue weighted by Gasteiger charge is 2.09. The second kappa shape index (κ2) is 12.5. The molecule has 0 saturated heterocycles. The van der Waals surface area contributed by atoms with Gasteiger partial charge in [0.1, 0.15) is 12.4 Å². The Hall–Kier alpha value is -1.79. The van der Waals surface area contributed by atoms with Gasteiger partial charge in [-0.1, -0.05) is 31.5 Å². The Bertz CT molecular complexity index is 518. The second-order valence-corrected chi connectivity index (χ2v) is 6.86. The predicted molar refractivity (Wildman–Crippen MR) is 107 cm³/mol. The molecule has 6 heteroatoms. The van der Waals surface area contributed by atoms with Gasteiger partial charge in [0.15, 0.2) is 5.96 Å². The van der Waals surface area contributed by atoms with Crippen LogP contribution in [0.15, 0.2) is 29.3 Å². The topological polar surface area (TPSA) is 66.3 Å². The molecule has 2 N–H and O–H groups in total. The van der Waals surface area contributed by atoms with Gasteiger partial charge in [0, 0.05) is 20.2 Å². The fraction of sp³-hybridized carbons (Fsp3) is 0.650. The van der Waals surface area contributed by atoms with E-state index in [1.54, 1.807) is 0 Å². The molecule has 0 aliphatic heterocycles. The summed E-state index contributed by atoms with van der Waals surface area (Å²) in [5.41, 5.74) is 1.21. The molecule has 0 aromatic heterocycles. The van der Waals surface area contributed by atoms with E-state index in [4.69, 9.17) is 9.47 Å². The molecular weight excluding hydrogens is 330 g/mol. The van der Waals surface area contributed by atoms with E-state index in [1.165, 1.54) is 5.56 Å². The van der Waals surface area contributed by atoms with Crippen LogP contribution in [0.3, 0.4) is 0 Å². The summed E-state index contributed by atoms with van der Waals surface area (Å²) in [6.07, 6.45) is -0.598. The fourth-order valence-corrected chi connectivity index (χ4v) is 2.19. The van der Waals surface area contributed by atoms with Gasteiger partial charge in [-0.05, 0) is 31.9 Å². The van der Waals surface area contributed by atoms with Crippen LogP contribution in [0.1, 0.15) is 26.3 Å². The molecule has 1 aromatic rings. The number of likely N-dealkylation sites (N-methyl/N-ethyl adjacent to an activating group) is 1. The molecule has 1 aromatic carbocycles. The predicted octanol–water partition coefficient (Wildman–Crippen LogP) is 2.30. The molecule has 0 spiro atoms. The van der Waals surface area contributed by atoms with Crippen molar-refractivity contribution in [2.75, 3.05) is 46.5 Å². The first-order chi connectivity index (χ1) is 12.4. The molecule has 1 unspecified atom stereocenters. The van der Waals surface area contributed by atoms with Crippen molar-refractivity contribution in [1.82, 2.24) is 10.2 Å². The van der Waals surface area contributed by atoms with Gasteiger partial charge in [0.2, 0.25) is 0 Å². The summed E-state index contributed by atoms with van der Waals surface area (Å²) in [4.78, 5) is 6.49. The second-order valence-electron chi connectivity index (χ2n) is 6.86. The van der Waals surface area contributed by atoms with E-state index in [9.17, 15) is 5.11 Å². The Kier molecular flexibility index (Phi) is 10.7. The Morgan fingerprint density at radius 2 is 1.92 bits per heavy atom. The largest absolute Gasteiger partial charge is 0.492 e. The third-order valence-corrected chi connectivity index (χ3v) is 3.63. The van der Waals surface area contributed by atoms with Crippen molar-refractivity contribution in [1.29, 1.82) is 0 Å². The van der Waals surface area contributed by atoms with Crippen LogP contribution in [0.4, 0.5) is 0 Å². The van der Waals surface area contributed by atoms with Crippen molar-refractivity contribution in [3.63, 3.8) is 0 Å². The molecule has 0 saturated carbocycles. The SMILES string of the molecule is CCNC(=NCC(O)COCC(C)C)N(C)CCOc1ccc(C)cc1. The van der Waals surface area contributed by atoms with E-state index in [0.717, 1.165) is 18.3 Å². The average molecular weight is 366 g/mol. The van der Waals surface area contributed by atoms with Crippen LogP contribution in [0.25, 0.3) is 0 Å². The number of hydrogen-bond acceptors (Lipinski definition) is 4. The lowest BCUT2D eigenvalue weighted by molar-refractivity contribution is 0.0300. The molecular formula is C20H35N3O3. The Labute approximate surface area is 158 Å². The van der Waals surface area contributed by atoms with Crippen LogP contribution in [0.2, 0.25) is 0 Å². The maximum absolute atomic E-state index is 10.0. The van der Waals surface area contributed by atoms with Crippen molar-refractivity contribution >= 4 is 5.96 Å².